The SMILES string of the molecule is NC(=O)NN=S(=O)=O.NNc1nnnc(NN)c1NN. The highest BCUT2D eigenvalue weighted by molar-refractivity contribution is 7.61. The number of hydrogen-bond acceptors (Lipinski definition) is 13. The number of nitrogens with zero attached hydrogens (tertiary/aromatic N) is 4. The van der Waals surface area contributed by atoms with Gasteiger partial charge in [0.1, 0.15) is 5.69 Å². The number of hydrogen-bond donors (Lipinski definition) is 8. The van der Waals surface area contributed by atoms with Crippen molar-refractivity contribution >= 4 is 33.9 Å². The van der Waals surface area contributed by atoms with E-state index < -0.39 is 16.5 Å². The van der Waals surface area contributed by atoms with Gasteiger partial charge in [-0.05, 0) is 9.69 Å². The van der Waals surface area contributed by atoms with Crippen molar-refractivity contribution in [1.82, 2.24) is 20.8 Å². The predicted molar refractivity (Wildman–Crippen MR) is 67.3 cm³/mol. The van der Waals surface area contributed by atoms with Crippen LogP contribution in [0.5, 0.6) is 0 Å². The molecule has 1 aromatic rings. The van der Waals surface area contributed by atoms with Crippen LogP contribution in [0.25, 0.3) is 0 Å². The highest BCUT2D eigenvalue weighted by Crippen LogP contribution is 2.21. The maximum Gasteiger partial charge on any atom is 0.333 e. The van der Waals surface area contributed by atoms with E-state index in [-0.39, 0.29) is 11.6 Å². The van der Waals surface area contributed by atoms with E-state index in [0.717, 1.165) is 0 Å². The Hall–Kier alpha value is -2.82. The van der Waals surface area contributed by atoms with Crippen molar-refractivity contribution in [3.63, 3.8) is 0 Å². The van der Waals surface area contributed by atoms with Crippen LogP contribution in [0, 0.1) is 0 Å². The van der Waals surface area contributed by atoms with Crippen molar-refractivity contribution in [1.29, 1.82) is 0 Å². The molecule has 1 aromatic heterocycles. The van der Waals surface area contributed by atoms with Crippen LogP contribution in [0.4, 0.5) is 22.1 Å². The molecule has 0 fully saturated rings. The molecule has 0 unspecified atom stereocenters. The average Bonchev–Trinajstić information content (AvgIpc) is 2.44. The predicted octanol–water partition coefficient (Wildman–Crippen LogP) is -3.64. The molecule has 0 aliphatic heterocycles. The number of amides is 2. The van der Waals surface area contributed by atoms with Crippen LogP contribution >= 0.6 is 0 Å². The van der Waals surface area contributed by atoms with Gasteiger partial charge >= 0.3 is 16.5 Å². The Balaban J connectivity index is 0.000000396. The second kappa shape index (κ2) is 9.16. The first-order chi connectivity index (χ1) is 9.46. The van der Waals surface area contributed by atoms with Gasteiger partial charge in [0.15, 0.2) is 11.6 Å². The third-order valence-corrected chi connectivity index (χ3v) is 1.65. The van der Waals surface area contributed by atoms with Crippen LogP contribution in [0.2, 0.25) is 0 Å². The maximum absolute atomic E-state index is 9.65. The summed E-state index contributed by atoms with van der Waals surface area (Å²) < 4.78 is 21.4. The Morgan fingerprint density at radius 2 is 1.55 bits per heavy atom. The fourth-order valence-corrected chi connectivity index (χ4v) is 0.910. The van der Waals surface area contributed by atoms with Gasteiger partial charge in [0.05, 0.1) is 0 Å². The molecule has 0 bridgehead atoms. The maximum atomic E-state index is 9.65. The zero-order chi connectivity index (χ0) is 15.5. The van der Waals surface area contributed by atoms with Crippen LogP contribution in [-0.2, 0) is 10.5 Å². The summed E-state index contributed by atoms with van der Waals surface area (Å²) in [4.78, 5) is 9.65. The molecule has 0 aliphatic carbocycles. The number of anilines is 3. The lowest BCUT2D eigenvalue weighted by Gasteiger charge is -2.08. The number of carbonyl (C=O) groups excluding carboxylic acids is 1. The number of nitrogens with one attached hydrogen (secondary N) is 4. The number of primary amides is 1. The number of aromatic nitrogens is 3. The van der Waals surface area contributed by atoms with Crippen LogP contribution in [0.3, 0.4) is 0 Å². The van der Waals surface area contributed by atoms with Gasteiger partial charge < -0.3 is 22.0 Å². The van der Waals surface area contributed by atoms with E-state index in [0.29, 0.717) is 5.69 Å². The van der Waals surface area contributed by atoms with Crippen molar-refractivity contribution in [2.75, 3.05) is 16.3 Å². The zero-order valence-corrected chi connectivity index (χ0v) is 10.5. The molecular weight excluding hydrogens is 296 g/mol. The van der Waals surface area contributed by atoms with Crippen molar-refractivity contribution in [2.45, 2.75) is 0 Å². The summed E-state index contributed by atoms with van der Waals surface area (Å²) >= 11 is 0. The van der Waals surface area contributed by atoms with Crippen LogP contribution in [-0.4, -0.2) is 29.9 Å². The summed E-state index contributed by atoms with van der Waals surface area (Å²) in [5, 5.41) is 10.4. The van der Waals surface area contributed by atoms with E-state index in [1.54, 1.807) is 0 Å². The smallest absolute Gasteiger partial charge is 0.333 e. The number of carbonyl (C=O) groups is 1. The number of hydrazine groups is 3. The molecule has 16 heteroatoms. The molecule has 2 amide bonds. The van der Waals surface area contributed by atoms with Gasteiger partial charge in [0.2, 0.25) is 0 Å². The highest BCUT2D eigenvalue weighted by Gasteiger charge is 2.08. The monoisotopic (exact) mass is 308 g/mol. The third-order valence-electron chi connectivity index (χ3n) is 1.41. The lowest BCUT2D eigenvalue weighted by atomic mass is 10.4. The summed E-state index contributed by atoms with van der Waals surface area (Å²) in [5.74, 6) is 15.9. The molecule has 0 atom stereocenters. The first-order valence-electron chi connectivity index (χ1n) is 4.45. The van der Waals surface area contributed by atoms with E-state index >= 15 is 0 Å². The van der Waals surface area contributed by atoms with Crippen LogP contribution in [0.15, 0.2) is 4.47 Å². The Labute approximate surface area is 113 Å². The summed E-state index contributed by atoms with van der Waals surface area (Å²) in [7, 11) is -2.62. The quantitative estimate of drug-likeness (QED) is 0.198. The molecule has 112 valence electrons. The molecule has 12 N–H and O–H groups in total. The van der Waals surface area contributed by atoms with Gasteiger partial charge in [0.25, 0.3) is 0 Å². The van der Waals surface area contributed by atoms with Gasteiger partial charge in [-0.2, -0.15) is 8.42 Å². The van der Waals surface area contributed by atoms with E-state index in [1.165, 1.54) is 5.43 Å². The molecule has 1 rings (SSSR count). The van der Waals surface area contributed by atoms with E-state index in [1.807, 2.05) is 0 Å². The molecule has 0 aliphatic rings. The topological polar surface area (TPSA) is 254 Å². The fourth-order valence-electron chi connectivity index (χ4n) is 0.745. The Kier molecular flexibility index (Phi) is 7.86. The summed E-state index contributed by atoms with van der Waals surface area (Å²) in [5.41, 5.74) is 13.1. The minimum atomic E-state index is -2.62. The molecule has 0 aromatic carbocycles. The van der Waals surface area contributed by atoms with E-state index in [2.05, 4.69) is 41.9 Å². The molecule has 0 radical (unpaired) electrons. The molecule has 0 saturated heterocycles. The van der Waals surface area contributed by atoms with E-state index in [9.17, 15) is 13.2 Å². The molecule has 1 heterocycles. The number of urea groups is 1. The molecule has 15 nitrogen and oxygen atoms in total. The largest absolute Gasteiger partial charge is 0.350 e. The van der Waals surface area contributed by atoms with Crippen molar-refractivity contribution in [3.05, 3.63) is 0 Å². The first-order valence-corrected chi connectivity index (χ1v) is 5.48. The van der Waals surface area contributed by atoms with Gasteiger partial charge in [-0.1, -0.05) is 0 Å². The second-order valence-electron chi connectivity index (χ2n) is 2.58. The fraction of sp³-hybridized carbons (Fsp3) is 0. The Bertz CT molecular complexity index is 540. The van der Waals surface area contributed by atoms with Gasteiger partial charge in [-0.25, -0.2) is 21.9 Å². The normalized spacial score (nSPS) is 8.55. The second-order valence-corrected chi connectivity index (χ2v) is 3.20. The van der Waals surface area contributed by atoms with Gasteiger partial charge in [-0.3, -0.25) is 5.84 Å². The Morgan fingerprint density at radius 1 is 1.05 bits per heavy atom. The van der Waals surface area contributed by atoms with Gasteiger partial charge in [0, 0.05) is 0 Å². The molecule has 0 spiro atoms. The van der Waals surface area contributed by atoms with Crippen molar-refractivity contribution in [2.24, 2.45) is 27.7 Å². The molecule has 20 heavy (non-hydrogen) atoms. The zero-order valence-electron chi connectivity index (χ0n) is 9.73. The minimum absolute atomic E-state index is 0.250. The van der Waals surface area contributed by atoms with E-state index in [4.69, 9.17) is 17.5 Å². The average molecular weight is 308 g/mol. The molecule has 0 saturated carbocycles. The first kappa shape index (κ1) is 17.2. The van der Waals surface area contributed by atoms with Crippen molar-refractivity contribution in [3.8, 4) is 0 Å². The summed E-state index contributed by atoms with van der Waals surface area (Å²) in [6.07, 6.45) is 0. The molecular formula is C4H12N12O3S. The van der Waals surface area contributed by atoms with Crippen LogP contribution in [0.1, 0.15) is 0 Å². The minimum Gasteiger partial charge on any atom is -0.350 e. The summed E-state index contributed by atoms with van der Waals surface area (Å²) in [6, 6.07) is -1.01. The standard InChI is InChI=1S/C3H9N9.CH3N3O3S/c4-7-1-2(8-5)10-12-11-3(1)9-6;2-1(5)3-4-8(6)7/h4-6H2,(H,7,12)(H2,8,9,10,11);(H3,2,3,5). The number of rotatable bonds is 4. The highest BCUT2D eigenvalue weighted by atomic mass is 32.2. The number of nitrogens with two attached hydrogens (primary N) is 4. The third kappa shape index (κ3) is 6.20. The lowest BCUT2D eigenvalue weighted by Crippen LogP contribution is -2.23. The van der Waals surface area contributed by atoms with Gasteiger partial charge in [-0.15, -0.1) is 10.2 Å². The lowest BCUT2D eigenvalue weighted by molar-refractivity contribution is 0.249. The Morgan fingerprint density at radius 3 is 1.80 bits per heavy atom. The summed E-state index contributed by atoms with van der Waals surface area (Å²) in [6.45, 7) is 0. The van der Waals surface area contributed by atoms with Crippen LogP contribution < -0.4 is 45.0 Å². The number of nitrogen functional groups attached to an aromatic ring is 3. The van der Waals surface area contributed by atoms with Crippen molar-refractivity contribution < 1.29 is 13.2 Å².